The highest BCUT2D eigenvalue weighted by Crippen LogP contribution is 2.09. The van der Waals surface area contributed by atoms with Crippen molar-refractivity contribution in [2.24, 2.45) is 11.8 Å². The topological polar surface area (TPSA) is 69.6 Å². The lowest BCUT2D eigenvalue weighted by Gasteiger charge is -2.21. The second-order valence-electron chi connectivity index (χ2n) is 5.00. The summed E-state index contributed by atoms with van der Waals surface area (Å²) in [6.45, 7) is 6.69. The van der Waals surface area contributed by atoms with Gasteiger partial charge < -0.3 is 15.3 Å². The fraction of sp³-hybridized carbons (Fsp3) is 0.846. The first-order chi connectivity index (χ1) is 8.40. The van der Waals surface area contributed by atoms with Gasteiger partial charge in [0.2, 0.25) is 0 Å². The Labute approximate surface area is 110 Å². The molecule has 2 amide bonds. The van der Waals surface area contributed by atoms with Gasteiger partial charge >= 0.3 is 12.0 Å². The number of rotatable bonds is 8. The van der Waals surface area contributed by atoms with Gasteiger partial charge in [-0.15, -0.1) is 0 Å². The highest BCUT2D eigenvalue weighted by atomic mass is 16.4. The monoisotopic (exact) mass is 258 g/mol. The van der Waals surface area contributed by atoms with E-state index in [0.717, 1.165) is 19.3 Å². The third-order valence-corrected chi connectivity index (χ3v) is 3.04. The molecule has 0 spiro atoms. The molecule has 0 aliphatic carbocycles. The molecule has 1 atom stereocenters. The van der Waals surface area contributed by atoms with Crippen LogP contribution in [0.4, 0.5) is 4.79 Å². The first kappa shape index (κ1) is 16.7. The molecule has 0 radical (unpaired) electrons. The smallest absolute Gasteiger partial charge is 0.317 e. The molecule has 0 fully saturated rings. The van der Waals surface area contributed by atoms with Crippen molar-refractivity contribution >= 4 is 12.0 Å². The third kappa shape index (κ3) is 6.47. The minimum absolute atomic E-state index is 0.00759. The second kappa shape index (κ2) is 8.78. The molecule has 0 bridgehead atoms. The normalized spacial score (nSPS) is 12.3. The summed E-state index contributed by atoms with van der Waals surface area (Å²) in [4.78, 5) is 24.3. The van der Waals surface area contributed by atoms with Crippen molar-refractivity contribution in [1.29, 1.82) is 0 Å². The standard InChI is InChI=1S/C13H26N2O3/c1-5-6-7-8-15(4)13(18)14-9-11(10(2)3)12(16)17/h10-11H,5-9H2,1-4H3,(H,14,18)(H,16,17). The number of carbonyl (C=O) groups excluding carboxylic acids is 1. The molecule has 0 saturated carbocycles. The number of carbonyl (C=O) groups is 2. The SMILES string of the molecule is CCCCCN(C)C(=O)NCC(C(=O)O)C(C)C. The van der Waals surface area contributed by atoms with Crippen LogP contribution in [0, 0.1) is 11.8 Å². The van der Waals surface area contributed by atoms with Gasteiger partial charge in [-0.3, -0.25) is 4.79 Å². The van der Waals surface area contributed by atoms with Gasteiger partial charge in [-0.2, -0.15) is 0 Å². The van der Waals surface area contributed by atoms with Crippen LogP contribution in [0.15, 0.2) is 0 Å². The van der Waals surface area contributed by atoms with Gasteiger partial charge in [0.05, 0.1) is 5.92 Å². The maximum Gasteiger partial charge on any atom is 0.317 e. The molecule has 0 aromatic heterocycles. The predicted molar refractivity (Wildman–Crippen MR) is 71.5 cm³/mol. The van der Waals surface area contributed by atoms with Crippen molar-refractivity contribution in [3.63, 3.8) is 0 Å². The third-order valence-electron chi connectivity index (χ3n) is 3.04. The van der Waals surface area contributed by atoms with E-state index in [4.69, 9.17) is 5.11 Å². The van der Waals surface area contributed by atoms with Crippen LogP contribution < -0.4 is 5.32 Å². The molecule has 5 nitrogen and oxygen atoms in total. The Bertz CT molecular complexity index is 267. The van der Waals surface area contributed by atoms with E-state index in [1.54, 1.807) is 11.9 Å². The van der Waals surface area contributed by atoms with E-state index in [-0.39, 0.29) is 18.5 Å². The van der Waals surface area contributed by atoms with Crippen LogP contribution in [0.2, 0.25) is 0 Å². The molecular weight excluding hydrogens is 232 g/mol. The van der Waals surface area contributed by atoms with Crippen LogP contribution in [-0.4, -0.2) is 42.1 Å². The number of nitrogens with one attached hydrogen (secondary N) is 1. The second-order valence-corrected chi connectivity index (χ2v) is 5.00. The number of nitrogens with zero attached hydrogens (tertiary/aromatic N) is 1. The van der Waals surface area contributed by atoms with Crippen LogP contribution in [0.25, 0.3) is 0 Å². The number of carboxylic acids is 1. The lowest BCUT2D eigenvalue weighted by Crippen LogP contribution is -2.42. The Morgan fingerprint density at radius 3 is 2.33 bits per heavy atom. The van der Waals surface area contributed by atoms with E-state index in [1.165, 1.54) is 0 Å². The summed E-state index contributed by atoms with van der Waals surface area (Å²) in [5.74, 6) is -1.38. The van der Waals surface area contributed by atoms with Gasteiger partial charge in [0, 0.05) is 20.1 Å². The van der Waals surface area contributed by atoms with E-state index in [9.17, 15) is 9.59 Å². The molecule has 1 unspecified atom stereocenters. The number of unbranched alkanes of at least 4 members (excludes halogenated alkanes) is 2. The lowest BCUT2D eigenvalue weighted by atomic mass is 9.96. The fourth-order valence-corrected chi connectivity index (χ4v) is 1.64. The molecule has 2 N–H and O–H groups in total. The zero-order valence-corrected chi connectivity index (χ0v) is 11.9. The number of hydrogen-bond acceptors (Lipinski definition) is 2. The summed E-state index contributed by atoms with van der Waals surface area (Å²) in [7, 11) is 1.73. The van der Waals surface area contributed by atoms with Crippen LogP contribution in [0.3, 0.4) is 0 Å². The highest BCUT2D eigenvalue weighted by molar-refractivity contribution is 5.75. The van der Waals surface area contributed by atoms with Crippen LogP contribution in [0.5, 0.6) is 0 Å². The first-order valence-corrected chi connectivity index (χ1v) is 6.61. The van der Waals surface area contributed by atoms with Crippen LogP contribution >= 0.6 is 0 Å². The summed E-state index contributed by atoms with van der Waals surface area (Å²) in [5.41, 5.74) is 0. The van der Waals surface area contributed by atoms with Gasteiger partial charge in [0.1, 0.15) is 0 Å². The maximum atomic E-state index is 11.7. The van der Waals surface area contributed by atoms with E-state index >= 15 is 0 Å². The molecule has 5 heteroatoms. The molecule has 18 heavy (non-hydrogen) atoms. The molecule has 0 saturated heterocycles. The van der Waals surface area contributed by atoms with Gasteiger partial charge in [-0.25, -0.2) is 4.79 Å². The van der Waals surface area contributed by atoms with Crippen molar-refractivity contribution in [2.45, 2.75) is 40.0 Å². The van der Waals surface area contributed by atoms with Gasteiger partial charge in [0.25, 0.3) is 0 Å². The molecule has 0 aromatic carbocycles. The zero-order valence-electron chi connectivity index (χ0n) is 11.9. The quantitative estimate of drug-likeness (QED) is 0.656. The molecule has 0 aromatic rings. The zero-order chi connectivity index (χ0) is 14.1. The minimum Gasteiger partial charge on any atom is -0.481 e. The summed E-state index contributed by atoms with van der Waals surface area (Å²) in [5, 5.41) is 11.7. The largest absolute Gasteiger partial charge is 0.481 e. The average Bonchev–Trinajstić information content (AvgIpc) is 2.28. The summed E-state index contributed by atoms with van der Waals surface area (Å²) in [6, 6.07) is -0.196. The predicted octanol–water partition coefficient (Wildman–Crippen LogP) is 2.17. The summed E-state index contributed by atoms with van der Waals surface area (Å²) < 4.78 is 0. The molecular formula is C13H26N2O3. The highest BCUT2D eigenvalue weighted by Gasteiger charge is 2.22. The Hall–Kier alpha value is -1.26. The molecule has 0 rings (SSSR count). The first-order valence-electron chi connectivity index (χ1n) is 6.61. The number of urea groups is 1. The Morgan fingerprint density at radius 2 is 1.89 bits per heavy atom. The lowest BCUT2D eigenvalue weighted by molar-refractivity contribution is -0.142. The van der Waals surface area contributed by atoms with Crippen LogP contribution in [-0.2, 0) is 4.79 Å². The number of amides is 2. The maximum absolute atomic E-state index is 11.7. The molecule has 0 aliphatic rings. The summed E-state index contributed by atoms with van der Waals surface area (Å²) >= 11 is 0. The fourth-order valence-electron chi connectivity index (χ4n) is 1.64. The van der Waals surface area contributed by atoms with E-state index in [2.05, 4.69) is 12.2 Å². The van der Waals surface area contributed by atoms with E-state index in [0.29, 0.717) is 6.54 Å². The van der Waals surface area contributed by atoms with Crippen molar-refractivity contribution in [3.8, 4) is 0 Å². The molecule has 0 aliphatic heterocycles. The Kier molecular flexibility index (Phi) is 8.16. The van der Waals surface area contributed by atoms with Gasteiger partial charge in [-0.05, 0) is 12.3 Å². The van der Waals surface area contributed by atoms with Gasteiger partial charge in [-0.1, -0.05) is 33.6 Å². The van der Waals surface area contributed by atoms with Gasteiger partial charge in [0.15, 0.2) is 0 Å². The average molecular weight is 258 g/mol. The van der Waals surface area contributed by atoms with Crippen molar-refractivity contribution in [2.75, 3.05) is 20.1 Å². The molecule has 106 valence electrons. The summed E-state index contributed by atoms with van der Waals surface area (Å²) in [6.07, 6.45) is 3.19. The van der Waals surface area contributed by atoms with E-state index < -0.39 is 11.9 Å². The van der Waals surface area contributed by atoms with Crippen molar-refractivity contribution in [1.82, 2.24) is 10.2 Å². The number of hydrogen-bond donors (Lipinski definition) is 2. The molecule has 0 heterocycles. The minimum atomic E-state index is -0.862. The van der Waals surface area contributed by atoms with Crippen molar-refractivity contribution in [3.05, 3.63) is 0 Å². The van der Waals surface area contributed by atoms with E-state index in [1.807, 2.05) is 13.8 Å². The van der Waals surface area contributed by atoms with Crippen molar-refractivity contribution < 1.29 is 14.7 Å². The Balaban J connectivity index is 4.03. The Morgan fingerprint density at radius 1 is 1.28 bits per heavy atom. The number of aliphatic carboxylic acids is 1. The number of carboxylic acid groups (broad SMARTS) is 1. The van der Waals surface area contributed by atoms with Crippen LogP contribution in [0.1, 0.15) is 40.0 Å².